The third-order valence-corrected chi connectivity index (χ3v) is 3.50. The molecule has 21 heavy (non-hydrogen) atoms. The number of aromatic amines is 1. The van der Waals surface area contributed by atoms with E-state index in [4.69, 9.17) is 0 Å². The number of rotatable bonds is 0. The highest BCUT2D eigenvalue weighted by atomic mass is 79.9. The Bertz CT molecular complexity index is 640. The van der Waals surface area contributed by atoms with Gasteiger partial charge in [0.05, 0.1) is 6.33 Å². The number of hydrogen-bond acceptors (Lipinski definition) is 1. The van der Waals surface area contributed by atoms with Crippen molar-refractivity contribution in [3.8, 4) is 11.8 Å². The zero-order chi connectivity index (χ0) is 14.9. The SMILES string of the molecule is Brc1ccc(C#Cc2ccc(Br)cc2)cc1.c1c[nH]cn1. The third kappa shape index (κ3) is 5.99. The van der Waals surface area contributed by atoms with Crippen molar-refractivity contribution in [3.63, 3.8) is 0 Å². The van der Waals surface area contributed by atoms with Gasteiger partial charge in [-0.15, -0.1) is 0 Å². The molecule has 2 nitrogen and oxygen atoms in total. The number of halogens is 2. The van der Waals surface area contributed by atoms with Gasteiger partial charge in [-0.1, -0.05) is 43.7 Å². The van der Waals surface area contributed by atoms with Crippen LogP contribution < -0.4 is 0 Å². The summed E-state index contributed by atoms with van der Waals surface area (Å²) < 4.78 is 2.14. The Balaban J connectivity index is 0.000000272. The lowest BCUT2D eigenvalue weighted by atomic mass is 10.2. The van der Waals surface area contributed by atoms with Crippen LogP contribution in [0.4, 0.5) is 0 Å². The maximum atomic E-state index is 3.67. The largest absolute Gasteiger partial charge is 0.351 e. The average molecular weight is 404 g/mol. The standard InChI is InChI=1S/C14H8Br2.C3H4N2/c15-13-7-3-11(4-8-13)1-2-12-5-9-14(16)10-6-12;1-2-5-3-4-1/h3-10H;1-3H,(H,4,5). The molecule has 104 valence electrons. The first-order valence-electron chi connectivity index (χ1n) is 6.20. The lowest BCUT2D eigenvalue weighted by Gasteiger charge is -1.92. The number of hydrogen-bond donors (Lipinski definition) is 1. The van der Waals surface area contributed by atoms with Crippen LogP contribution in [0.5, 0.6) is 0 Å². The highest BCUT2D eigenvalue weighted by Gasteiger charge is 1.89. The Morgan fingerprint density at radius 2 is 1.24 bits per heavy atom. The molecule has 0 bridgehead atoms. The van der Waals surface area contributed by atoms with E-state index in [1.54, 1.807) is 18.7 Å². The van der Waals surface area contributed by atoms with Gasteiger partial charge in [-0.2, -0.15) is 0 Å². The van der Waals surface area contributed by atoms with Gasteiger partial charge in [0.1, 0.15) is 0 Å². The molecule has 0 aliphatic rings. The fraction of sp³-hybridized carbons (Fsp3) is 0. The van der Waals surface area contributed by atoms with Gasteiger partial charge in [-0.3, -0.25) is 0 Å². The fourth-order valence-corrected chi connectivity index (χ4v) is 1.95. The Morgan fingerprint density at radius 3 is 1.52 bits per heavy atom. The van der Waals surface area contributed by atoms with Gasteiger partial charge in [0.15, 0.2) is 0 Å². The highest BCUT2D eigenvalue weighted by Crippen LogP contribution is 2.11. The van der Waals surface area contributed by atoms with E-state index in [0.717, 1.165) is 20.1 Å². The third-order valence-electron chi connectivity index (χ3n) is 2.45. The Hall–Kier alpha value is -1.83. The van der Waals surface area contributed by atoms with Crippen LogP contribution in [-0.4, -0.2) is 9.97 Å². The van der Waals surface area contributed by atoms with Crippen LogP contribution in [0.25, 0.3) is 0 Å². The van der Waals surface area contributed by atoms with Crippen molar-refractivity contribution < 1.29 is 0 Å². The van der Waals surface area contributed by atoms with Gasteiger partial charge in [-0.05, 0) is 48.5 Å². The van der Waals surface area contributed by atoms with Crippen molar-refractivity contribution >= 4 is 31.9 Å². The predicted molar refractivity (Wildman–Crippen MR) is 92.9 cm³/mol. The summed E-state index contributed by atoms with van der Waals surface area (Å²) in [7, 11) is 0. The summed E-state index contributed by atoms with van der Waals surface area (Å²) in [5, 5.41) is 0. The van der Waals surface area contributed by atoms with Gasteiger partial charge in [0, 0.05) is 32.5 Å². The van der Waals surface area contributed by atoms with E-state index in [0.29, 0.717) is 0 Å². The second kappa shape index (κ2) is 8.46. The highest BCUT2D eigenvalue weighted by molar-refractivity contribution is 9.10. The van der Waals surface area contributed by atoms with E-state index in [9.17, 15) is 0 Å². The normalized spacial score (nSPS) is 9.05. The van der Waals surface area contributed by atoms with E-state index < -0.39 is 0 Å². The van der Waals surface area contributed by atoms with Crippen molar-refractivity contribution in [2.45, 2.75) is 0 Å². The molecule has 0 fully saturated rings. The van der Waals surface area contributed by atoms with Crippen LogP contribution in [0.3, 0.4) is 0 Å². The van der Waals surface area contributed by atoms with E-state index in [1.807, 2.05) is 48.5 Å². The molecule has 3 aromatic rings. The number of nitrogens with one attached hydrogen (secondary N) is 1. The van der Waals surface area contributed by atoms with Crippen LogP contribution in [0.2, 0.25) is 0 Å². The first-order valence-corrected chi connectivity index (χ1v) is 7.78. The summed E-state index contributed by atoms with van der Waals surface area (Å²) in [5.74, 6) is 6.24. The molecule has 0 aliphatic carbocycles. The van der Waals surface area contributed by atoms with Gasteiger partial charge in [-0.25, -0.2) is 4.98 Å². The number of H-pyrrole nitrogens is 1. The Kier molecular flexibility index (Phi) is 6.26. The van der Waals surface area contributed by atoms with Crippen molar-refractivity contribution in [1.82, 2.24) is 9.97 Å². The van der Waals surface area contributed by atoms with Gasteiger partial charge in [0.25, 0.3) is 0 Å². The van der Waals surface area contributed by atoms with Crippen molar-refractivity contribution in [2.24, 2.45) is 0 Å². The first kappa shape index (κ1) is 15.6. The number of benzene rings is 2. The minimum absolute atomic E-state index is 1.02. The minimum Gasteiger partial charge on any atom is -0.351 e. The van der Waals surface area contributed by atoms with Gasteiger partial charge < -0.3 is 4.98 Å². The lowest BCUT2D eigenvalue weighted by molar-refractivity contribution is 1.31. The Labute approximate surface area is 140 Å². The topological polar surface area (TPSA) is 28.7 Å². The maximum Gasteiger partial charge on any atom is 0.0919 e. The van der Waals surface area contributed by atoms with Crippen molar-refractivity contribution in [3.05, 3.63) is 87.3 Å². The summed E-state index contributed by atoms with van der Waals surface area (Å²) in [4.78, 5) is 6.42. The minimum atomic E-state index is 1.02. The van der Waals surface area contributed by atoms with Crippen molar-refractivity contribution in [2.75, 3.05) is 0 Å². The number of nitrogens with zero attached hydrogens (tertiary/aromatic N) is 1. The fourth-order valence-electron chi connectivity index (χ4n) is 1.43. The first-order chi connectivity index (χ1) is 10.2. The molecule has 1 N–H and O–H groups in total. The number of aromatic nitrogens is 2. The molecular weight excluding hydrogens is 392 g/mol. The zero-order valence-corrected chi connectivity index (χ0v) is 14.2. The molecule has 0 radical (unpaired) electrons. The molecule has 0 atom stereocenters. The quantitative estimate of drug-likeness (QED) is 0.524. The van der Waals surface area contributed by atoms with E-state index in [2.05, 4.69) is 53.7 Å². The molecule has 0 saturated carbocycles. The maximum absolute atomic E-state index is 3.67. The molecule has 0 saturated heterocycles. The molecule has 2 aromatic carbocycles. The summed E-state index contributed by atoms with van der Waals surface area (Å²) >= 11 is 6.79. The van der Waals surface area contributed by atoms with Gasteiger partial charge >= 0.3 is 0 Å². The van der Waals surface area contributed by atoms with Crippen LogP contribution in [0.15, 0.2) is 76.2 Å². The molecule has 4 heteroatoms. The van der Waals surface area contributed by atoms with Crippen LogP contribution in [-0.2, 0) is 0 Å². The molecular formula is C17H12Br2N2. The zero-order valence-electron chi connectivity index (χ0n) is 11.1. The number of imidazole rings is 1. The molecule has 1 heterocycles. The molecule has 1 aromatic heterocycles. The molecule has 0 amide bonds. The summed E-state index contributed by atoms with van der Waals surface area (Å²) in [5.41, 5.74) is 2.04. The Morgan fingerprint density at radius 1 is 0.762 bits per heavy atom. The summed E-state index contributed by atoms with van der Waals surface area (Å²) in [6.45, 7) is 0. The molecule has 3 rings (SSSR count). The molecule has 0 aliphatic heterocycles. The molecule has 0 unspecified atom stereocenters. The van der Waals surface area contributed by atoms with Gasteiger partial charge in [0.2, 0.25) is 0 Å². The average Bonchev–Trinajstić information content (AvgIpc) is 3.08. The smallest absolute Gasteiger partial charge is 0.0919 e. The summed E-state index contributed by atoms with van der Waals surface area (Å²) in [6, 6.07) is 16.0. The lowest BCUT2D eigenvalue weighted by Crippen LogP contribution is -1.75. The molecule has 0 spiro atoms. The van der Waals surface area contributed by atoms with Crippen LogP contribution >= 0.6 is 31.9 Å². The van der Waals surface area contributed by atoms with Crippen molar-refractivity contribution in [1.29, 1.82) is 0 Å². The second-order valence-electron chi connectivity index (χ2n) is 4.02. The van der Waals surface area contributed by atoms with E-state index in [-0.39, 0.29) is 0 Å². The van der Waals surface area contributed by atoms with E-state index in [1.165, 1.54) is 0 Å². The van der Waals surface area contributed by atoms with Crippen LogP contribution in [0, 0.1) is 11.8 Å². The van der Waals surface area contributed by atoms with Crippen LogP contribution in [0.1, 0.15) is 11.1 Å². The second-order valence-corrected chi connectivity index (χ2v) is 5.86. The summed E-state index contributed by atoms with van der Waals surface area (Å²) in [6.07, 6.45) is 5.08. The predicted octanol–water partition coefficient (Wildman–Crippen LogP) is 5.02. The van der Waals surface area contributed by atoms with E-state index >= 15 is 0 Å². The monoisotopic (exact) mass is 402 g/mol.